The third-order valence-corrected chi connectivity index (χ3v) is 3.56. The summed E-state index contributed by atoms with van der Waals surface area (Å²) in [6.45, 7) is 12.7. The molecule has 0 aromatic heterocycles. The first kappa shape index (κ1) is 15.2. The molecule has 0 spiro atoms. The lowest BCUT2D eigenvalue weighted by Crippen LogP contribution is -2.24. The highest BCUT2D eigenvalue weighted by Crippen LogP contribution is 2.15. The molecule has 0 fully saturated rings. The van der Waals surface area contributed by atoms with Crippen molar-refractivity contribution in [1.82, 2.24) is 4.90 Å². The average Bonchev–Trinajstić information content (AvgIpc) is 2.36. The van der Waals surface area contributed by atoms with Gasteiger partial charge in [-0.3, -0.25) is 0 Å². The standard InChI is InChI=1S/C17H29N/c1-5-18(6-2)13-9-12-16-10-7-8-11-17(16)14-15(3)4/h7-8,10-11,15H,5-6,9,12-14H2,1-4H3. The van der Waals surface area contributed by atoms with Gasteiger partial charge in [0, 0.05) is 0 Å². The molecule has 0 aliphatic carbocycles. The average molecular weight is 247 g/mol. The highest BCUT2D eigenvalue weighted by molar-refractivity contribution is 5.27. The Morgan fingerprint density at radius 1 is 1.00 bits per heavy atom. The van der Waals surface area contributed by atoms with Crippen molar-refractivity contribution in [2.75, 3.05) is 19.6 Å². The lowest BCUT2D eigenvalue weighted by Gasteiger charge is -2.18. The molecule has 1 aromatic rings. The second kappa shape index (κ2) is 8.31. The maximum Gasteiger partial charge on any atom is -0.00158 e. The van der Waals surface area contributed by atoms with E-state index in [2.05, 4.69) is 56.9 Å². The van der Waals surface area contributed by atoms with E-state index in [4.69, 9.17) is 0 Å². The Morgan fingerprint density at radius 3 is 2.17 bits per heavy atom. The van der Waals surface area contributed by atoms with Crippen LogP contribution in [0.2, 0.25) is 0 Å². The SMILES string of the molecule is CCN(CC)CCCc1ccccc1CC(C)C. The van der Waals surface area contributed by atoms with Crippen LogP contribution in [0, 0.1) is 5.92 Å². The molecule has 1 heteroatoms. The molecule has 102 valence electrons. The van der Waals surface area contributed by atoms with Gasteiger partial charge in [-0.25, -0.2) is 0 Å². The molecule has 0 heterocycles. The van der Waals surface area contributed by atoms with Gasteiger partial charge in [0.05, 0.1) is 0 Å². The maximum absolute atomic E-state index is 2.51. The van der Waals surface area contributed by atoms with E-state index in [-0.39, 0.29) is 0 Å². The molecule has 0 N–H and O–H groups in total. The molecular weight excluding hydrogens is 218 g/mol. The predicted octanol–water partition coefficient (Wildman–Crippen LogP) is 4.16. The largest absolute Gasteiger partial charge is 0.304 e. The molecule has 0 saturated heterocycles. The molecule has 1 rings (SSSR count). The summed E-state index contributed by atoms with van der Waals surface area (Å²) in [5.74, 6) is 0.744. The van der Waals surface area contributed by atoms with E-state index in [0.29, 0.717) is 0 Å². The molecule has 1 nitrogen and oxygen atoms in total. The van der Waals surface area contributed by atoms with Crippen LogP contribution >= 0.6 is 0 Å². The van der Waals surface area contributed by atoms with Crippen LogP contribution in [0.4, 0.5) is 0 Å². The van der Waals surface area contributed by atoms with Gasteiger partial charge in [-0.15, -0.1) is 0 Å². The summed E-state index contributed by atoms with van der Waals surface area (Å²) in [5, 5.41) is 0. The van der Waals surface area contributed by atoms with Gasteiger partial charge in [-0.05, 0) is 55.9 Å². The molecule has 0 atom stereocenters. The van der Waals surface area contributed by atoms with Gasteiger partial charge < -0.3 is 4.90 Å². The molecule has 0 saturated carbocycles. The van der Waals surface area contributed by atoms with E-state index in [9.17, 15) is 0 Å². The Bertz CT molecular complexity index is 326. The second-order valence-corrected chi connectivity index (χ2v) is 5.50. The van der Waals surface area contributed by atoms with Crippen LogP contribution in [-0.2, 0) is 12.8 Å². The van der Waals surface area contributed by atoms with Crippen molar-refractivity contribution >= 4 is 0 Å². The third-order valence-electron chi connectivity index (χ3n) is 3.56. The molecule has 0 aliphatic heterocycles. The van der Waals surface area contributed by atoms with Gasteiger partial charge in [0.1, 0.15) is 0 Å². The summed E-state index contributed by atoms with van der Waals surface area (Å²) in [5.41, 5.74) is 3.10. The topological polar surface area (TPSA) is 3.24 Å². The van der Waals surface area contributed by atoms with Crippen LogP contribution in [0.5, 0.6) is 0 Å². The van der Waals surface area contributed by atoms with Gasteiger partial charge in [0.2, 0.25) is 0 Å². The van der Waals surface area contributed by atoms with Crippen LogP contribution in [0.15, 0.2) is 24.3 Å². The van der Waals surface area contributed by atoms with E-state index < -0.39 is 0 Å². The minimum atomic E-state index is 0.744. The zero-order valence-corrected chi connectivity index (χ0v) is 12.6. The summed E-state index contributed by atoms with van der Waals surface area (Å²) in [7, 11) is 0. The van der Waals surface area contributed by atoms with Crippen molar-refractivity contribution in [3.05, 3.63) is 35.4 Å². The Morgan fingerprint density at radius 2 is 1.61 bits per heavy atom. The van der Waals surface area contributed by atoms with E-state index >= 15 is 0 Å². The molecular formula is C17H29N. The number of nitrogens with zero attached hydrogens (tertiary/aromatic N) is 1. The Labute approximate surface area is 113 Å². The predicted molar refractivity (Wildman–Crippen MR) is 81.1 cm³/mol. The fourth-order valence-electron chi connectivity index (χ4n) is 2.47. The summed E-state index contributed by atoms with van der Waals surface area (Å²) in [4.78, 5) is 2.51. The minimum Gasteiger partial charge on any atom is -0.304 e. The number of hydrogen-bond donors (Lipinski definition) is 0. The quantitative estimate of drug-likeness (QED) is 0.667. The smallest absolute Gasteiger partial charge is 0.00158 e. The van der Waals surface area contributed by atoms with Crippen molar-refractivity contribution in [2.45, 2.75) is 47.0 Å². The fourth-order valence-corrected chi connectivity index (χ4v) is 2.47. The van der Waals surface area contributed by atoms with Crippen LogP contribution in [0.1, 0.15) is 45.2 Å². The number of aryl methyl sites for hydroxylation is 1. The molecule has 1 aromatic carbocycles. The maximum atomic E-state index is 2.51. The van der Waals surface area contributed by atoms with Crippen LogP contribution in [-0.4, -0.2) is 24.5 Å². The highest BCUT2D eigenvalue weighted by Gasteiger charge is 2.05. The first-order valence-corrected chi connectivity index (χ1v) is 7.46. The minimum absolute atomic E-state index is 0.744. The Balaban J connectivity index is 2.50. The molecule has 0 unspecified atom stereocenters. The number of rotatable bonds is 8. The van der Waals surface area contributed by atoms with Crippen molar-refractivity contribution in [2.24, 2.45) is 5.92 Å². The molecule has 0 bridgehead atoms. The molecule has 18 heavy (non-hydrogen) atoms. The lowest BCUT2D eigenvalue weighted by molar-refractivity contribution is 0.300. The van der Waals surface area contributed by atoms with Crippen molar-refractivity contribution in [3.63, 3.8) is 0 Å². The van der Waals surface area contributed by atoms with Gasteiger partial charge in [-0.1, -0.05) is 52.0 Å². The van der Waals surface area contributed by atoms with Crippen molar-refractivity contribution < 1.29 is 0 Å². The van der Waals surface area contributed by atoms with Crippen LogP contribution < -0.4 is 0 Å². The van der Waals surface area contributed by atoms with Gasteiger partial charge >= 0.3 is 0 Å². The zero-order valence-electron chi connectivity index (χ0n) is 12.6. The first-order chi connectivity index (χ1) is 8.67. The van der Waals surface area contributed by atoms with Crippen molar-refractivity contribution in [1.29, 1.82) is 0 Å². The van der Waals surface area contributed by atoms with E-state index in [0.717, 1.165) is 5.92 Å². The first-order valence-electron chi connectivity index (χ1n) is 7.46. The van der Waals surface area contributed by atoms with E-state index in [1.54, 1.807) is 11.1 Å². The van der Waals surface area contributed by atoms with Gasteiger partial charge in [-0.2, -0.15) is 0 Å². The fraction of sp³-hybridized carbons (Fsp3) is 0.647. The zero-order chi connectivity index (χ0) is 13.4. The summed E-state index contributed by atoms with van der Waals surface area (Å²) in [6, 6.07) is 8.95. The number of benzene rings is 1. The molecule has 0 aliphatic rings. The second-order valence-electron chi connectivity index (χ2n) is 5.50. The Kier molecular flexibility index (Phi) is 7.04. The van der Waals surface area contributed by atoms with E-state index in [1.165, 1.54) is 38.9 Å². The van der Waals surface area contributed by atoms with Gasteiger partial charge in [0.15, 0.2) is 0 Å². The molecule has 0 amide bonds. The van der Waals surface area contributed by atoms with E-state index in [1.807, 2.05) is 0 Å². The van der Waals surface area contributed by atoms with Crippen LogP contribution in [0.25, 0.3) is 0 Å². The normalized spacial score (nSPS) is 11.4. The van der Waals surface area contributed by atoms with Gasteiger partial charge in [0.25, 0.3) is 0 Å². The summed E-state index contributed by atoms with van der Waals surface area (Å²) < 4.78 is 0. The van der Waals surface area contributed by atoms with Crippen molar-refractivity contribution in [3.8, 4) is 0 Å². The molecule has 0 radical (unpaired) electrons. The highest BCUT2D eigenvalue weighted by atomic mass is 15.1. The van der Waals surface area contributed by atoms with Crippen LogP contribution in [0.3, 0.4) is 0 Å². The number of hydrogen-bond acceptors (Lipinski definition) is 1. The summed E-state index contributed by atoms with van der Waals surface area (Å²) in [6.07, 6.45) is 3.71. The summed E-state index contributed by atoms with van der Waals surface area (Å²) >= 11 is 0. The third kappa shape index (κ3) is 5.22. The lowest BCUT2D eigenvalue weighted by atomic mass is 9.95. The monoisotopic (exact) mass is 247 g/mol. The Hall–Kier alpha value is -0.820.